The molecule has 162 valence electrons. The van der Waals surface area contributed by atoms with Crippen LogP contribution in [-0.4, -0.2) is 13.3 Å². The van der Waals surface area contributed by atoms with Crippen LogP contribution in [0, 0.1) is 0 Å². The van der Waals surface area contributed by atoms with Crippen LogP contribution in [0.3, 0.4) is 0 Å². The van der Waals surface area contributed by atoms with Crippen LogP contribution in [0.4, 0.5) is 18.9 Å². The van der Waals surface area contributed by atoms with Crippen molar-refractivity contribution in [1.82, 2.24) is 0 Å². The highest BCUT2D eigenvalue weighted by Gasteiger charge is 2.29. The van der Waals surface area contributed by atoms with E-state index in [9.17, 15) is 13.2 Å². The summed E-state index contributed by atoms with van der Waals surface area (Å²) in [6, 6.07) is 15.9. The van der Waals surface area contributed by atoms with Gasteiger partial charge in [0, 0.05) is 14.5 Å². The van der Waals surface area contributed by atoms with Crippen LogP contribution >= 0.6 is 31.9 Å². The van der Waals surface area contributed by atoms with E-state index in [1.165, 1.54) is 25.5 Å². The number of nitrogens with zero attached hydrogens (tertiary/aromatic N) is 1. The molecule has 4 nitrogen and oxygen atoms in total. The molecule has 0 saturated heterocycles. The van der Waals surface area contributed by atoms with Gasteiger partial charge >= 0.3 is 6.18 Å². The van der Waals surface area contributed by atoms with Gasteiger partial charge in [-0.05, 0) is 70.0 Å². The molecule has 3 aromatic rings. The van der Waals surface area contributed by atoms with Gasteiger partial charge in [0.15, 0.2) is 11.5 Å². The number of methoxy groups -OCH3 is 1. The molecule has 3 aromatic carbocycles. The predicted molar refractivity (Wildman–Crippen MR) is 122 cm³/mol. The standard InChI is InChI=1S/C22H17Br2F3N2O2/c1-30-20-10-15(12-28-29-18-8-4-16(5-9-18)22(25,26)27)19(24)11-21(20)31-13-14-2-6-17(23)7-3-14/h2-12,29H,13H2,1H3/b28-12+. The number of ether oxygens (including phenoxy) is 2. The van der Waals surface area contributed by atoms with Gasteiger partial charge < -0.3 is 9.47 Å². The molecule has 0 spiro atoms. The first-order valence-electron chi connectivity index (χ1n) is 8.97. The zero-order chi connectivity index (χ0) is 22.4. The zero-order valence-corrected chi connectivity index (χ0v) is 19.4. The van der Waals surface area contributed by atoms with Gasteiger partial charge in [0.1, 0.15) is 6.61 Å². The fourth-order valence-electron chi connectivity index (χ4n) is 2.57. The number of nitrogens with one attached hydrogen (secondary N) is 1. The van der Waals surface area contributed by atoms with E-state index in [0.717, 1.165) is 26.6 Å². The Labute approximate surface area is 194 Å². The number of benzene rings is 3. The molecule has 0 amide bonds. The van der Waals surface area contributed by atoms with Crippen LogP contribution in [0.1, 0.15) is 16.7 Å². The highest BCUT2D eigenvalue weighted by atomic mass is 79.9. The SMILES string of the molecule is COc1cc(/C=N/Nc2ccc(C(F)(F)F)cc2)c(Br)cc1OCc1ccc(Br)cc1. The van der Waals surface area contributed by atoms with Crippen molar-refractivity contribution in [3.05, 3.63) is 86.3 Å². The van der Waals surface area contributed by atoms with Crippen LogP contribution in [0.25, 0.3) is 0 Å². The first-order valence-corrected chi connectivity index (χ1v) is 10.6. The van der Waals surface area contributed by atoms with Gasteiger partial charge in [-0.25, -0.2) is 0 Å². The molecule has 31 heavy (non-hydrogen) atoms. The Morgan fingerprint density at radius 3 is 2.26 bits per heavy atom. The smallest absolute Gasteiger partial charge is 0.416 e. The van der Waals surface area contributed by atoms with Crippen molar-refractivity contribution in [2.45, 2.75) is 12.8 Å². The molecule has 0 aromatic heterocycles. The summed E-state index contributed by atoms with van der Waals surface area (Å²) in [5.74, 6) is 1.08. The lowest BCUT2D eigenvalue weighted by atomic mass is 10.2. The van der Waals surface area contributed by atoms with Crippen LogP contribution in [0.5, 0.6) is 11.5 Å². The molecule has 0 atom stereocenters. The summed E-state index contributed by atoms with van der Waals surface area (Å²) in [4.78, 5) is 0. The second kappa shape index (κ2) is 10.2. The Morgan fingerprint density at radius 1 is 0.968 bits per heavy atom. The Hall–Kier alpha value is -2.52. The molecule has 0 heterocycles. The minimum absolute atomic E-state index is 0.374. The lowest BCUT2D eigenvalue weighted by Crippen LogP contribution is -2.04. The average Bonchev–Trinajstić information content (AvgIpc) is 2.74. The molecule has 0 aliphatic carbocycles. The van der Waals surface area contributed by atoms with Gasteiger partial charge in [0.25, 0.3) is 0 Å². The van der Waals surface area contributed by atoms with Crippen molar-refractivity contribution in [2.24, 2.45) is 5.10 Å². The molecule has 0 aliphatic heterocycles. The van der Waals surface area contributed by atoms with Gasteiger partial charge in [0.05, 0.1) is 24.6 Å². The fourth-order valence-corrected chi connectivity index (χ4v) is 3.26. The van der Waals surface area contributed by atoms with Gasteiger partial charge in [-0.3, -0.25) is 5.43 Å². The Morgan fingerprint density at radius 2 is 1.65 bits per heavy atom. The predicted octanol–water partition coefficient (Wildman–Crippen LogP) is 7.26. The lowest BCUT2D eigenvalue weighted by molar-refractivity contribution is -0.137. The monoisotopic (exact) mass is 556 g/mol. The molecule has 3 rings (SSSR count). The maximum Gasteiger partial charge on any atom is 0.416 e. The first-order chi connectivity index (χ1) is 14.8. The summed E-state index contributed by atoms with van der Waals surface area (Å²) in [7, 11) is 1.54. The van der Waals surface area contributed by atoms with Crippen molar-refractivity contribution < 1.29 is 22.6 Å². The summed E-state index contributed by atoms with van der Waals surface area (Å²) < 4.78 is 50.9. The molecule has 0 radical (unpaired) electrons. The Kier molecular flexibility index (Phi) is 7.61. The van der Waals surface area contributed by atoms with Crippen LogP contribution in [0.2, 0.25) is 0 Å². The van der Waals surface area contributed by atoms with Crippen LogP contribution < -0.4 is 14.9 Å². The Bertz CT molecular complexity index is 1050. The van der Waals surface area contributed by atoms with Gasteiger partial charge in [-0.2, -0.15) is 18.3 Å². The second-order valence-electron chi connectivity index (χ2n) is 6.38. The highest BCUT2D eigenvalue weighted by Crippen LogP contribution is 2.34. The zero-order valence-electron chi connectivity index (χ0n) is 16.2. The molecule has 1 N–H and O–H groups in total. The van der Waals surface area contributed by atoms with Gasteiger partial charge in [-0.1, -0.05) is 28.1 Å². The van der Waals surface area contributed by atoms with E-state index >= 15 is 0 Å². The van der Waals surface area contributed by atoms with Crippen molar-refractivity contribution in [1.29, 1.82) is 0 Å². The molecule has 0 bridgehead atoms. The molecule has 0 unspecified atom stereocenters. The fraction of sp³-hybridized carbons (Fsp3) is 0.136. The minimum Gasteiger partial charge on any atom is -0.493 e. The summed E-state index contributed by atoms with van der Waals surface area (Å²) in [5.41, 5.74) is 4.13. The molecular formula is C22H17Br2F3N2O2. The lowest BCUT2D eigenvalue weighted by Gasteiger charge is -2.13. The summed E-state index contributed by atoms with van der Waals surface area (Å²) in [6.45, 7) is 0.374. The number of alkyl halides is 3. The van der Waals surface area contributed by atoms with E-state index in [-0.39, 0.29) is 0 Å². The number of anilines is 1. The molecular weight excluding hydrogens is 541 g/mol. The quantitative estimate of drug-likeness (QED) is 0.245. The molecule has 0 saturated carbocycles. The molecule has 9 heteroatoms. The average molecular weight is 558 g/mol. The largest absolute Gasteiger partial charge is 0.493 e. The van der Waals surface area contributed by atoms with Crippen LogP contribution in [-0.2, 0) is 12.8 Å². The normalized spacial score (nSPS) is 11.5. The third-order valence-electron chi connectivity index (χ3n) is 4.20. The molecule has 0 aliphatic rings. The van der Waals surface area contributed by atoms with Crippen molar-refractivity contribution in [3.63, 3.8) is 0 Å². The first kappa shape index (κ1) is 23.1. The maximum absolute atomic E-state index is 12.6. The number of rotatable bonds is 7. The van der Waals surface area contributed by atoms with E-state index < -0.39 is 11.7 Å². The summed E-state index contributed by atoms with van der Waals surface area (Å²) >= 11 is 6.88. The topological polar surface area (TPSA) is 42.8 Å². The van der Waals surface area contributed by atoms with E-state index in [2.05, 4.69) is 42.4 Å². The number of hydrogen-bond acceptors (Lipinski definition) is 4. The van der Waals surface area contributed by atoms with Crippen LogP contribution in [0.15, 0.2) is 74.7 Å². The molecule has 0 fully saturated rings. The maximum atomic E-state index is 12.6. The second-order valence-corrected chi connectivity index (χ2v) is 8.15. The summed E-state index contributed by atoms with van der Waals surface area (Å²) in [5, 5.41) is 4.08. The van der Waals surface area contributed by atoms with E-state index in [1.807, 2.05) is 24.3 Å². The highest BCUT2D eigenvalue weighted by molar-refractivity contribution is 9.10. The van der Waals surface area contributed by atoms with E-state index in [4.69, 9.17) is 9.47 Å². The van der Waals surface area contributed by atoms with Crippen molar-refractivity contribution in [3.8, 4) is 11.5 Å². The third kappa shape index (κ3) is 6.48. The van der Waals surface area contributed by atoms with Gasteiger partial charge in [-0.15, -0.1) is 0 Å². The number of halogens is 5. The van der Waals surface area contributed by atoms with Crippen molar-refractivity contribution >= 4 is 43.8 Å². The summed E-state index contributed by atoms with van der Waals surface area (Å²) in [6.07, 6.45) is -2.84. The number of hydrogen-bond donors (Lipinski definition) is 1. The minimum atomic E-state index is -4.37. The Balaban J connectivity index is 1.68. The van der Waals surface area contributed by atoms with Gasteiger partial charge in [0.2, 0.25) is 0 Å². The van der Waals surface area contributed by atoms with E-state index in [0.29, 0.717) is 29.4 Å². The number of hydrazone groups is 1. The van der Waals surface area contributed by atoms with E-state index in [1.54, 1.807) is 12.1 Å². The van der Waals surface area contributed by atoms with Crippen molar-refractivity contribution in [2.75, 3.05) is 12.5 Å². The third-order valence-corrected chi connectivity index (χ3v) is 5.42.